The lowest BCUT2D eigenvalue weighted by Crippen LogP contribution is -2.46. The summed E-state index contributed by atoms with van der Waals surface area (Å²) >= 11 is 0. The Labute approximate surface area is 125 Å². The van der Waals surface area contributed by atoms with E-state index >= 15 is 0 Å². The summed E-state index contributed by atoms with van der Waals surface area (Å²) in [7, 11) is 0. The zero-order valence-electron chi connectivity index (χ0n) is 12.1. The van der Waals surface area contributed by atoms with E-state index in [0.29, 0.717) is 0 Å². The van der Waals surface area contributed by atoms with Crippen molar-refractivity contribution < 1.29 is 4.79 Å². The van der Waals surface area contributed by atoms with E-state index in [0.717, 1.165) is 38.2 Å². The first kappa shape index (κ1) is 13.8. The van der Waals surface area contributed by atoms with Gasteiger partial charge in [0.15, 0.2) is 0 Å². The van der Waals surface area contributed by atoms with Crippen molar-refractivity contribution >= 4 is 5.91 Å². The molecule has 0 aromatic heterocycles. The zero-order chi connectivity index (χ0) is 14.5. The molecule has 0 unspecified atom stereocenters. The summed E-state index contributed by atoms with van der Waals surface area (Å²) in [6.07, 6.45) is 0.865. The van der Waals surface area contributed by atoms with Crippen molar-refractivity contribution in [1.82, 2.24) is 10.2 Å². The molecule has 1 aliphatic heterocycles. The van der Waals surface area contributed by atoms with E-state index in [1.54, 1.807) is 0 Å². The average molecular weight is 280 g/mol. The van der Waals surface area contributed by atoms with Crippen LogP contribution in [0.2, 0.25) is 0 Å². The van der Waals surface area contributed by atoms with Gasteiger partial charge in [-0.25, -0.2) is 0 Å². The van der Waals surface area contributed by atoms with Gasteiger partial charge in [0, 0.05) is 31.7 Å². The average Bonchev–Trinajstić information content (AvgIpc) is 2.56. The highest BCUT2D eigenvalue weighted by molar-refractivity contribution is 5.94. The summed E-state index contributed by atoms with van der Waals surface area (Å²) in [5.41, 5.74) is 3.25. The number of carbonyl (C=O) groups excluding carboxylic acids is 1. The summed E-state index contributed by atoms with van der Waals surface area (Å²) in [6, 6.07) is 18.4. The molecule has 0 aliphatic carbocycles. The summed E-state index contributed by atoms with van der Waals surface area (Å²) in [5, 5.41) is 3.27. The molecule has 1 fully saturated rings. The molecule has 1 saturated heterocycles. The van der Waals surface area contributed by atoms with Gasteiger partial charge >= 0.3 is 0 Å². The maximum absolute atomic E-state index is 12.5. The number of nitrogens with one attached hydrogen (secondary N) is 1. The quantitative estimate of drug-likeness (QED) is 0.936. The van der Waals surface area contributed by atoms with Crippen LogP contribution in [-0.2, 0) is 6.42 Å². The highest BCUT2D eigenvalue weighted by Gasteiger charge is 2.17. The lowest BCUT2D eigenvalue weighted by atomic mass is 10.0. The van der Waals surface area contributed by atoms with Crippen molar-refractivity contribution in [1.29, 1.82) is 0 Å². The largest absolute Gasteiger partial charge is 0.336 e. The van der Waals surface area contributed by atoms with Gasteiger partial charge < -0.3 is 10.2 Å². The van der Waals surface area contributed by atoms with Gasteiger partial charge in [-0.05, 0) is 29.7 Å². The Balaban J connectivity index is 1.75. The third-order valence-corrected chi connectivity index (χ3v) is 3.83. The van der Waals surface area contributed by atoms with E-state index in [-0.39, 0.29) is 5.91 Å². The number of nitrogens with zero attached hydrogens (tertiary/aromatic N) is 1. The Hall–Kier alpha value is -2.13. The molecule has 2 aromatic carbocycles. The summed E-state index contributed by atoms with van der Waals surface area (Å²) in [4.78, 5) is 14.4. The summed E-state index contributed by atoms with van der Waals surface area (Å²) in [6.45, 7) is 3.36. The van der Waals surface area contributed by atoms with Gasteiger partial charge in [0.25, 0.3) is 5.91 Å². The van der Waals surface area contributed by atoms with Crippen LogP contribution in [0.3, 0.4) is 0 Å². The number of carbonyl (C=O) groups is 1. The van der Waals surface area contributed by atoms with Crippen LogP contribution in [0.15, 0.2) is 54.6 Å². The monoisotopic (exact) mass is 280 g/mol. The second-order valence-electron chi connectivity index (χ2n) is 5.40. The van der Waals surface area contributed by atoms with Crippen molar-refractivity contribution in [3.8, 4) is 0 Å². The van der Waals surface area contributed by atoms with E-state index in [1.165, 1.54) is 11.1 Å². The first-order valence-corrected chi connectivity index (χ1v) is 7.46. The van der Waals surface area contributed by atoms with Gasteiger partial charge in [-0.3, -0.25) is 4.79 Å². The molecular formula is C18H20N2O. The lowest BCUT2D eigenvalue weighted by Gasteiger charge is -2.27. The molecule has 3 rings (SSSR count). The van der Waals surface area contributed by atoms with Crippen LogP contribution in [0.25, 0.3) is 0 Å². The molecule has 1 aliphatic rings. The SMILES string of the molecule is O=C(c1cccc(Cc2ccccc2)c1)N1CCNCC1. The highest BCUT2D eigenvalue weighted by Crippen LogP contribution is 2.13. The molecule has 1 amide bonds. The predicted molar refractivity (Wildman–Crippen MR) is 84.5 cm³/mol. The van der Waals surface area contributed by atoms with Crippen LogP contribution in [-0.4, -0.2) is 37.0 Å². The van der Waals surface area contributed by atoms with Gasteiger partial charge in [0.05, 0.1) is 0 Å². The molecular weight excluding hydrogens is 260 g/mol. The van der Waals surface area contributed by atoms with Crippen molar-refractivity contribution in [2.24, 2.45) is 0 Å². The Kier molecular flexibility index (Phi) is 4.31. The maximum Gasteiger partial charge on any atom is 0.253 e. The lowest BCUT2D eigenvalue weighted by molar-refractivity contribution is 0.0735. The molecule has 2 aromatic rings. The fourth-order valence-electron chi connectivity index (χ4n) is 2.70. The van der Waals surface area contributed by atoms with E-state index < -0.39 is 0 Å². The van der Waals surface area contributed by atoms with Gasteiger partial charge in [0.1, 0.15) is 0 Å². The van der Waals surface area contributed by atoms with Crippen molar-refractivity contribution in [3.05, 3.63) is 71.3 Å². The van der Waals surface area contributed by atoms with Crippen LogP contribution in [0, 0.1) is 0 Å². The standard InChI is InChI=1S/C18H20N2O/c21-18(20-11-9-19-10-12-20)17-8-4-7-16(14-17)13-15-5-2-1-3-6-15/h1-8,14,19H,9-13H2. The fraction of sp³-hybridized carbons (Fsp3) is 0.278. The Morgan fingerprint density at radius 1 is 0.952 bits per heavy atom. The van der Waals surface area contributed by atoms with Crippen LogP contribution >= 0.6 is 0 Å². The number of benzene rings is 2. The number of hydrogen-bond donors (Lipinski definition) is 1. The van der Waals surface area contributed by atoms with Crippen LogP contribution in [0.1, 0.15) is 21.5 Å². The van der Waals surface area contributed by atoms with E-state index in [1.807, 2.05) is 41.3 Å². The highest BCUT2D eigenvalue weighted by atomic mass is 16.2. The van der Waals surface area contributed by atoms with Crippen molar-refractivity contribution in [2.75, 3.05) is 26.2 Å². The second-order valence-corrected chi connectivity index (χ2v) is 5.40. The first-order chi connectivity index (χ1) is 10.3. The molecule has 1 heterocycles. The molecule has 0 bridgehead atoms. The Bertz CT molecular complexity index is 604. The topological polar surface area (TPSA) is 32.3 Å². The smallest absolute Gasteiger partial charge is 0.253 e. The Morgan fingerprint density at radius 2 is 1.67 bits per heavy atom. The van der Waals surface area contributed by atoms with Crippen LogP contribution in [0.4, 0.5) is 0 Å². The molecule has 0 saturated carbocycles. The summed E-state index contributed by atoms with van der Waals surface area (Å²) < 4.78 is 0. The van der Waals surface area contributed by atoms with Crippen molar-refractivity contribution in [3.63, 3.8) is 0 Å². The number of rotatable bonds is 3. The first-order valence-electron chi connectivity index (χ1n) is 7.46. The van der Waals surface area contributed by atoms with E-state index in [4.69, 9.17) is 0 Å². The molecule has 21 heavy (non-hydrogen) atoms. The molecule has 108 valence electrons. The molecule has 3 nitrogen and oxygen atoms in total. The number of amides is 1. The van der Waals surface area contributed by atoms with Crippen molar-refractivity contribution in [2.45, 2.75) is 6.42 Å². The summed E-state index contributed by atoms with van der Waals surface area (Å²) in [5.74, 6) is 0.145. The minimum atomic E-state index is 0.145. The normalized spacial score (nSPS) is 15.0. The predicted octanol–water partition coefficient (Wildman–Crippen LogP) is 2.32. The van der Waals surface area contributed by atoms with Gasteiger partial charge in [0.2, 0.25) is 0 Å². The molecule has 1 N–H and O–H groups in total. The fourth-order valence-corrected chi connectivity index (χ4v) is 2.70. The molecule has 0 spiro atoms. The Morgan fingerprint density at radius 3 is 2.43 bits per heavy atom. The molecule has 3 heteroatoms. The maximum atomic E-state index is 12.5. The number of hydrogen-bond acceptors (Lipinski definition) is 2. The minimum absolute atomic E-state index is 0.145. The second kappa shape index (κ2) is 6.55. The molecule has 0 radical (unpaired) electrons. The van der Waals surface area contributed by atoms with Gasteiger partial charge in [-0.15, -0.1) is 0 Å². The molecule has 0 atom stereocenters. The zero-order valence-corrected chi connectivity index (χ0v) is 12.1. The van der Waals surface area contributed by atoms with Gasteiger partial charge in [-0.2, -0.15) is 0 Å². The van der Waals surface area contributed by atoms with E-state index in [9.17, 15) is 4.79 Å². The van der Waals surface area contributed by atoms with Crippen LogP contribution in [0.5, 0.6) is 0 Å². The third kappa shape index (κ3) is 3.50. The van der Waals surface area contributed by atoms with Crippen LogP contribution < -0.4 is 5.32 Å². The van der Waals surface area contributed by atoms with Gasteiger partial charge in [-0.1, -0.05) is 42.5 Å². The van der Waals surface area contributed by atoms with E-state index in [2.05, 4.69) is 23.5 Å². The third-order valence-electron chi connectivity index (χ3n) is 3.83. The minimum Gasteiger partial charge on any atom is -0.336 e. The number of piperazine rings is 1.